The number of hydrogen-bond acceptors (Lipinski definition) is 1. The highest BCUT2D eigenvalue weighted by atomic mass is 16.5. The lowest BCUT2D eigenvalue weighted by atomic mass is 9.80. The predicted octanol–water partition coefficient (Wildman–Crippen LogP) is 3.30. The number of fused-ring (bicyclic) bond motifs is 2. The van der Waals surface area contributed by atoms with Gasteiger partial charge in [0, 0.05) is 5.41 Å². The van der Waals surface area contributed by atoms with Crippen LogP contribution in [-0.4, -0.2) is 7.11 Å². The van der Waals surface area contributed by atoms with Crippen molar-refractivity contribution in [2.75, 3.05) is 7.11 Å². The van der Waals surface area contributed by atoms with Crippen molar-refractivity contribution in [1.29, 1.82) is 0 Å². The van der Waals surface area contributed by atoms with E-state index in [1.54, 1.807) is 7.11 Å². The SMILES string of the molecule is COc1ccc(C23C=CC(CC2)C3)cc1. The Balaban J connectivity index is 1.96. The Morgan fingerprint density at radius 3 is 2.53 bits per heavy atom. The summed E-state index contributed by atoms with van der Waals surface area (Å²) in [6.45, 7) is 0. The van der Waals surface area contributed by atoms with Crippen molar-refractivity contribution < 1.29 is 4.74 Å². The molecule has 0 N–H and O–H groups in total. The first-order valence-electron chi connectivity index (χ1n) is 5.66. The van der Waals surface area contributed by atoms with Gasteiger partial charge in [-0.1, -0.05) is 24.3 Å². The largest absolute Gasteiger partial charge is 0.497 e. The van der Waals surface area contributed by atoms with Crippen LogP contribution in [0.5, 0.6) is 5.75 Å². The quantitative estimate of drug-likeness (QED) is 0.665. The molecule has 0 spiro atoms. The zero-order chi connectivity index (χ0) is 10.3. The lowest BCUT2D eigenvalue weighted by molar-refractivity contribution is 0.414. The number of methoxy groups -OCH3 is 1. The molecule has 3 rings (SSSR count). The van der Waals surface area contributed by atoms with Crippen LogP contribution in [0.4, 0.5) is 0 Å². The van der Waals surface area contributed by atoms with E-state index in [0.717, 1.165) is 11.7 Å². The molecule has 1 nitrogen and oxygen atoms in total. The minimum atomic E-state index is 0.358. The van der Waals surface area contributed by atoms with Crippen LogP contribution < -0.4 is 4.74 Å². The van der Waals surface area contributed by atoms with Crippen molar-refractivity contribution in [3.8, 4) is 5.75 Å². The molecule has 78 valence electrons. The third-order valence-electron chi connectivity index (χ3n) is 3.94. The molecule has 1 aromatic carbocycles. The minimum Gasteiger partial charge on any atom is -0.497 e. The summed E-state index contributed by atoms with van der Waals surface area (Å²) in [6, 6.07) is 8.58. The van der Waals surface area contributed by atoms with Crippen LogP contribution in [0.15, 0.2) is 36.4 Å². The van der Waals surface area contributed by atoms with Gasteiger partial charge in [0.1, 0.15) is 5.75 Å². The van der Waals surface area contributed by atoms with Gasteiger partial charge in [-0.2, -0.15) is 0 Å². The normalized spacial score (nSPS) is 32.2. The van der Waals surface area contributed by atoms with Crippen LogP contribution in [0, 0.1) is 5.92 Å². The van der Waals surface area contributed by atoms with Gasteiger partial charge in [0.25, 0.3) is 0 Å². The van der Waals surface area contributed by atoms with Crippen molar-refractivity contribution in [2.24, 2.45) is 5.92 Å². The molecule has 2 aliphatic carbocycles. The number of benzene rings is 1. The maximum atomic E-state index is 5.19. The summed E-state index contributed by atoms with van der Waals surface area (Å²) < 4.78 is 5.19. The van der Waals surface area contributed by atoms with Crippen molar-refractivity contribution >= 4 is 0 Å². The molecule has 0 heterocycles. The fraction of sp³-hybridized carbons (Fsp3) is 0.429. The lowest BCUT2D eigenvalue weighted by Crippen LogP contribution is -2.16. The molecular weight excluding hydrogens is 184 g/mol. The van der Waals surface area contributed by atoms with Crippen molar-refractivity contribution in [3.05, 3.63) is 42.0 Å². The molecule has 2 atom stereocenters. The van der Waals surface area contributed by atoms with Crippen LogP contribution in [0.1, 0.15) is 24.8 Å². The van der Waals surface area contributed by atoms with Gasteiger partial charge in [0.15, 0.2) is 0 Å². The molecule has 15 heavy (non-hydrogen) atoms. The molecule has 1 fully saturated rings. The van der Waals surface area contributed by atoms with Gasteiger partial charge in [0.05, 0.1) is 7.11 Å². The molecule has 0 aliphatic heterocycles. The molecule has 1 saturated carbocycles. The van der Waals surface area contributed by atoms with Crippen molar-refractivity contribution in [2.45, 2.75) is 24.7 Å². The highest BCUT2D eigenvalue weighted by Gasteiger charge is 2.41. The third kappa shape index (κ3) is 1.30. The van der Waals surface area contributed by atoms with E-state index in [0.29, 0.717) is 5.41 Å². The van der Waals surface area contributed by atoms with Crippen LogP contribution in [0.2, 0.25) is 0 Å². The first kappa shape index (κ1) is 9.02. The highest BCUT2D eigenvalue weighted by molar-refractivity contribution is 5.39. The molecule has 2 aliphatic rings. The van der Waals surface area contributed by atoms with Crippen LogP contribution in [0.3, 0.4) is 0 Å². The lowest BCUT2D eigenvalue weighted by Gasteiger charge is -2.24. The van der Waals surface area contributed by atoms with Crippen molar-refractivity contribution in [3.63, 3.8) is 0 Å². The van der Waals surface area contributed by atoms with E-state index in [-0.39, 0.29) is 0 Å². The van der Waals surface area contributed by atoms with Crippen LogP contribution in [0.25, 0.3) is 0 Å². The van der Waals surface area contributed by atoms with Gasteiger partial charge in [0.2, 0.25) is 0 Å². The first-order valence-corrected chi connectivity index (χ1v) is 5.66. The Morgan fingerprint density at radius 1 is 1.27 bits per heavy atom. The fourth-order valence-corrected chi connectivity index (χ4v) is 3.03. The number of hydrogen-bond donors (Lipinski definition) is 0. The second-order valence-corrected chi connectivity index (χ2v) is 4.75. The Bertz CT molecular complexity index is 390. The van der Waals surface area contributed by atoms with E-state index in [1.165, 1.54) is 24.8 Å². The average Bonchev–Trinajstić information content (AvgIpc) is 2.90. The van der Waals surface area contributed by atoms with Gasteiger partial charge < -0.3 is 4.74 Å². The molecule has 1 aromatic rings. The molecule has 0 aromatic heterocycles. The van der Waals surface area contributed by atoms with E-state index in [9.17, 15) is 0 Å². The zero-order valence-electron chi connectivity index (χ0n) is 9.07. The zero-order valence-corrected chi connectivity index (χ0v) is 9.07. The average molecular weight is 200 g/mol. The Kier molecular flexibility index (Phi) is 1.88. The maximum Gasteiger partial charge on any atom is 0.118 e. The monoisotopic (exact) mass is 200 g/mol. The predicted molar refractivity (Wildman–Crippen MR) is 61.2 cm³/mol. The molecular formula is C14H16O. The van der Waals surface area contributed by atoms with E-state index < -0.39 is 0 Å². The number of rotatable bonds is 2. The summed E-state index contributed by atoms with van der Waals surface area (Å²) >= 11 is 0. The van der Waals surface area contributed by atoms with E-state index in [2.05, 4.69) is 36.4 Å². The highest BCUT2D eigenvalue weighted by Crippen LogP contribution is 2.50. The summed E-state index contributed by atoms with van der Waals surface area (Å²) in [5.74, 6) is 1.79. The van der Waals surface area contributed by atoms with Gasteiger partial charge >= 0.3 is 0 Å². The van der Waals surface area contributed by atoms with Crippen LogP contribution >= 0.6 is 0 Å². The summed E-state index contributed by atoms with van der Waals surface area (Å²) in [4.78, 5) is 0. The molecule has 1 heteroatoms. The Labute approximate surface area is 90.8 Å². The third-order valence-corrected chi connectivity index (χ3v) is 3.94. The van der Waals surface area contributed by atoms with Gasteiger partial charge in [-0.15, -0.1) is 0 Å². The first-order chi connectivity index (χ1) is 7.32. The molecule has 2 unspecified atom stereocenters. The standard InChI is InChI=1S/C14H16O/c1-15-13-4-2-12(3-5-13)14-8-6-11(10-14)7-9-14/h2-6,8,11H,7,9-10H2,1H3. The Hall–Kier alpha value is -1.24. The molecule has 0 saturated heterocycles. The van der Waals surface area contributed by atoms with Gasteiger partial charge in [-0.3, -0.25) is 0 Å². The topological polar surface area (TPSA) is 9.23 Å². The van der Waals surface area contributed by atoms with E-state index >= 15 is 0 Å². The second kappa shape index (κ2) is 3.13. The Morgan fingerprint density at radius 2 is 2.07 bits per heavy atom. The maximum absolute atomic E-state index is 5.19. The van der Waals surface area contributed by atoms with Crippen molar-refractivity contribution in [1.82, 2.24) is 0 Å². The summed E-state index contributed by atoms with van der Waals surface area (Å²) in [6.07, 6.45) is 8.82. The van der Waals surface area contributed by atoms with Crippen LogP contribution in [-0.2, 0) is 5.41 Å². The number of ether oxygens (including phenoxy) is 1. The fourth-order valence-electron chi connectivity index (χ4n) is 3.03. The summed E-state index contributed by atoms with van der Waals surface area (Å²) in [5.41, 5.74) is 1.82. The molecule has 2 bridgehead atoms. The van der Waals surface area contributed by atoms with E-state index in [4.69, 9.17) is 4.74 Å². The van der Waals surface area contributed by atoms with E-state index in [1.807, 2.05) is 0 Å². The van der Waals surface area contributed by atoms with Gasteiger partial charge in [-0.05, 0) is 42.9 Å². The smallest absolute Gasteiger partial charge is 0.118 e. The molecule has 0 radical (unpaired) electrons. The summed E-state index contributed by atoms with van der Waals surface area (Å²) in [5, 5.41) is 0. The van der Waals surface area contributed by atoms with Gasteiger partial charge in [-0.25, -0.2) is 0 Å². The minimum absolute atomic E-state index is 0.358. The number of allylic oxidation sites excluding steroid dienone is 2. The summed E-state index contributed by atoms with van der Waals surface area (Å²) in [7, 11) is 1.72. The second-order valence-electron chi connectivity index (χ2n) is 4.75. The molecule has 0 amide bonds.